The summed E-state index contributed by atoms with van der Waals surface area (Å²) >= 11 is 1.72. The molecule has 0 fully saturated rings. The maximum Gasteiger partial charge on any atom is 0.157 e. The summed E-state index contributed by atoms with van der Waals surface area (Å²) in [6.07, 6.45) is 2.93. The van der Waals surface area contributed by atoms with Crippen molar-refractivity contribution in [2.75, 3.05) is 0 Å². The van der Waals surface area contributed by atoms with Crippen LogP contribution in [-0.4, -0.2) is 15.2 Å². The minimum absolute atomic E-state index is 0.0885. The van der Waals surface area contributed by atoms with E-state index < -0.39 is 0 Å². The number of hydrogen-bond acceptors (Lipinski definition) is 5. The Hall–Kier alpha value is -1.59. The average molecular weight is 278 g/mol. The molecule has 0 bridgehead atoms. The highest BCUT2D eigenvalue weighted by Gasteiger charge is 2.10. The van der Waals surface area contributed by atoms with E-state index >= 15 is 0 Å². The Bertz CT molecular complexity index is 554. The van der Waals surface area contributed by atoms with Crippen molar-refractivity contribution in [3.05, 3.63) is 39.8 Å². The number of hydrogen-bond donors (Lipinski definition) is 3. The molecule has 0 saturated heterocycles. The molecular weight excluding hydrogens is 260 g/mol. The first-order valence-corrected chi connectivity index (χ1v) is 7.10. The SMILES string of the molecule is CCc1cnc(C(C)NCc2ccc(O)c(O)c2)s1. The summed E-state index contributed by atoms with van der Waals surface area (Å²) in [7, 11) is 0. The molecule has 0 aliphatic rings. The lowest BCUT2D eigenvalue weighted by molar-refractivity contribution is 0.402. The molecule has 1 aromatic carbocycles. The summed E-state index contributed by atoms with van der Waals surface area (Å²) in [5, 5.41) is 23.1. The lowest BCUT2D eigenvalue weighted by Gasteiger charge is -2.11. The van der Waals surface area contributed by atoms with E-state index in [2.05, 4.69) is 24.1 Å². The third-order valence-electron chi connectivity index (χ3n) is 2.94. The molecule has 0 radical (unpaired) electrons. The lowest BCUT2D eigenvalue weighted by Crippen LogP contribution is -2.17. The van der Waals surface area contributed by atoms with Gasteiger partial charge in [0, 0.05) is 17.6 Å². The zero-order valence-electron chi connectivity index (χ0n) is 11.1. The van der Waals surface area contributed by atoms with E-state index in [0.717, 1.165) is 17.0 Å². The number of aromatic hydroxyl groups is 2. The van der Waals surface area contributed by atoms with E-state index in [9.17, 15) is 10.2 Å². The number of benzene rings is 1. The molecule has 0 amide bonds. The van der Waals surface area contributed by atoms with Gasteiger partial charge in [0.1, 0.15) is 5.01 Å². The minimum atomic E-state index is -0.0932. The fraction of sp³-hybridized carbons (Fsp3) is 0.357. The van der Waals surface area contributed by atoms with Crippen LogP contribution in [0, 0.1) is 0 Å². The molecule has 3 N–H and O–H groups in total. The molecule has 0 saturated carbocycles. The van der Waals surface area contributed by atoms with Crippen LogP contribution in [0.25, 0.3) is 0 Å². The van der Waals surface area contributed by atoms with Gasteiger partial charge in [-0.25, -0.2) is 4.98 Å². The van der Waals surface area contributed by atoms with Crippen LogP contribution in [0.2, 0.25) is 0 Å². The maximum absolute atomic E-state index is 9.43. The number of aryl methyl sites for hydroxylation is 1. The average Bonchev–Trinajstić information content (AvgIpc) is 2.88. The Morgan fingerprint density at radius 1 is 1.32 bits per heavy atom. The Balaban J connectivity index is 1.95. The van der Waals surface area contributed by atoms with Gasteiger partial charge in [-0.15, -0.1) is 11.3 Å². The quantitative estimate of drug-likeness (QED) is 0.736. The number of phenols is 2. The first-order chi connectivity index (χ1) is 9.10. The van der Waals surface area contributed by atoms with Crippen LogP contribution < -0.4 is 5.32 Å². The van der Waals surface area contributed by atoms with Crippen LogP contribution >= 0.6 is 11.3 Å². The molecule has 1 aromatic heterocycles. The molecule has 2 rings (SSSR count). The van der Waals surface area contributed by atoms with Gasteiger partial charge in [0.05, 0.1) is 6.04 Å². The fourth-order valence-electron chi connectivity index (χ4n) is 1.72. The largest absolute Gasteiger partial charge is 0.504 e. The van der Waals surface area contributed by atoms with E-state index in [4.69, 9.17) is 0 Å². The number of phenolic OH excluding ortho intramolecular Hbond substituents is 2. The first-order valence-electron chi connectivity index (χ1n) is 6.29. The van der Waals surface area contributed by atoms with Crippen LogP contribution in [0.15, 0.2) is 24.4 Å². The standard InChI is InChI=1S/C14H18N2O2S/c1-3-11-8-16-14(19-11)9(2)15-7-10-4-5-12(17)13(18)6-10/h4-6,8-9,15,17-18H,3,7H2,1-2H3. The lowest BCUT2D eigenvalue weighted by atomic mass is 10.2. The second-order valence-corrected chi connectivity index (χ2v) is 5.59. The topological polar surface area (TPSA) is 65.4 Å². The highest BCUT2D eigenvalue weighted by molar-refractivity contribution is 7.11. The van der Waals surface area contributed by atoms with Gasteiger partial charge in [-0.05, 0) is 31.0 Å². The Kier molecular flexibility index (Phi) is 4.39. The number of nitrogens with one attached hydrogen (secondary N) is 1. The number of nitrogens with zero attached hydrogens (tertiary/aromatic N) is 1. The number of rotatable bonds is 5. The fourth-order valence-corrected chi connectivity index (χ4v) is 2.61. The molecule has 0 spiro atoms. The van der Waals surface area contributed by atoms with Gasteiger partial charge in [-0.3, -0.25) is 0 Å². The van der Waals surface area contributed by atoms with Crippen molar-refractivity contribution in [1.29, 1.82) is 0 Å². The molecule has 1 unspecified atom stereocenters. The summed E-state index contributed by atoms with van der Waals surface area (Å²) in [6, 6.07) is 5.01. The van der Waals surface area contributed by atoms with Crippen LogP contribution in [0.4, 0.5) is 0 Å². The molecule has 2 aromatic rings. The third kappa shape index (κ3) is 3.45. The van der Waals surface area contributed by atoms with E-state index in [-0.39, 0.29) is 17.5 Å². The van der Waals surface area contributed by atoms with Gasteiger partial charge in [-0.1, -0.05) is 13.0 Å². The van der Waals surface area contributed by atoms with Crippen molar-refractivity contribution in [2.24, 2.45) is 0 Å². The molecular formula is C14H18N2O2S. The summed E-state index contributed by atoms with van der Waals surface area (Å²) in [6.45, 7) is 4.81. The van der Waals surface area contributed by atoms with Gasteiger partial charge in [0.25, 0.3) is 0 Å². The van der Waals surface area contributed by atoms with Crippen molar-refractivity contribution in [1.82, 2.24) is 10.3 Å². The van der Waals surface area contributed by atoms with E-state index in [1.54, 1.807) is 23.5 Å². The third-order valence-corrected chi connectivity index (χ3v) is 4.27. The zero-order valence-corrected chi connectivity index (χ0v) is 11.9. The molecule has 5 heteroatoms. The van der Waals surface area contributed by atoms with Gasteiger partial charge in [-0.2, -0.15) is 0 Å². The molecule has 1 heterocycles. The molecule has 4 nitrogen and oxygen atoms in total. The van der Waals surface area contributed by atoms with Crippen molar-refractivity contribution in [3.8, 4) is 11.5 Å². The van der Waals surface area contributed by atoms with Crippen LogP contribution in [-0.2, 0) is 13.0 Å². The smallest absolute Gasteiger partial charge is 0.157 e. The zero-order chi connectivity index (χ0) is 13.8. The first kappa shape index (κ1) is 13.8. The predicted octanol–water partition coefficient (Wildman–Crippen LogP) is 2.97. The highest BCUT2D eigenvalue weighted by Crippen LogP contribution is 2.25. The summed E-state index contributed by atoms with van der Waals surface area (Å²) < 4.78 is 0. The van der Waals surface area contributed by atoms with E-state index in [0.29, 0.717) is 6.54 Å². The van der Waals surface area contributed by atoms with Gasteiger partial charge in [0.2, 0.25) is 0 Å². The normalized spacial score (nSPS) is 12.5. The second kappa shape index (κ2) is 6.04. The number of aromatic nitrogens is 1. The highest BCUT2D eigenvalue weighted by atomic mass is 32.1. The van der Waals surface area contributed by atoms with E-state index in [1.165, 1.54) is 10.9 Å². The monoisotopic (exact) mass is 278 g/mol. The number of thiazole rings is 1. The van der Waals surface area contributed by atoms with E-state index in [1.807, 2.05) is 6.20 Å². The Morgan fingerprint density at radius 2 is 2.11 bits per heavy atom. The van der Waals surface area contributed by atoms with Crippen LogP contribution in [0.1, 0.15) is 35.3 Å². The molecule has 19 heavy (non-hydrogen) atoms. The van der Waals surface area contributed by atoms with Crippen molar-refractivity contribution in [3.63, 3.8) is 0 Å². The maximum atomic E-state index is 9.43. The predicted molar refractivity (Wildman–Crippen MR) is 76.5 cm³/mol. The summed E-state index contributed by atoms with van der Waals surface area (Å²) in [5.74, 6) is -0.182. The summed E-state index contributed by atoms with van der Waals surface area (Å²) in [4.78, 5) is 5.68. The van der Waals surface area contributed by atoms with Gasteiger partial charge < -0.3 is 15.5 Å². The molecule has 102 valence electrons. The second-order valence-electron chi connectivity index (χ2n) is 4.44. The van der Waals surface area contributed by atoms with Crippen LogP contribution in [0.5, 0.6) is 11.5 Å². The van der Waals surface area contributed by atoms with Crippen molar-refractivity contribution in [2.45, 2.75) is 32.9 Å². The Morgan fingerprint density at radius 3 is 2.74 bits per heavy atom. The molecule has 0 aliphatic carbocycles. The van der Waals surface area contributed by atoms with Crippen LogP contribution in [0.3, 0.4) is 0 Å². The summed E-state index contributed by atoms with van der Waals surface area (Å²) in [5.41, 5.74) is 0.925. The van der Waals surface area contributed by atoms with Gasteiger partial charge in [0.15, 0.2) is 11.5 Å². The van der Waals surface area contributed by atoms with Gasteiger partial charge >= 0.3 is 0 Å². The Labute approximate surface area is 116 Å². The molecule has 1 atom stereocenters. The minimum Gasteiger partial charge on any atom is -0.504 e. The molecule has 0 aliphatic heterocycles. The van der Waals surface area contributed by atoms with Crippen molar-refractivity contribution >= 4 is 11.3 Å². The van der Waals surface area contributed by atoms with Crippen molar-refractivity contribution < 1.29 is 10.2 Å².